The van der Waals surface area contributed by atoms with Crippen molar-refractivity contribution in [3.8, 4) is 0 Å². The van der Waals surface area contributed by atoms with Gasteiger partial charge in [0.05, 0.1) is 16.2 Å². The van der Waals surface area contributed by atoms with Crippen molar-refractivity contribution < 1.29 is 35.6 Å². The van der Waals surface area contributed by atoms with E-state index in [0.717, 1.165) is 22.5 Å². The molecule has 1 saturated heterocycles. The molecule has 1 aliphatic heterocycles. The van der Waals surface area contributed by atoms with Gasteiger partial charge in [-0.2, -0.15) is 17.5 Å². The zero-order chi connectivity index (χ0) is 23.4. The van der Waals surface area contributed by atoms with E-state index in [0.29, 0.717) is 17.5 Å². The van der Waals surface area contributed by atoms with E-state index >= 15 is 0 Å². The van der Waals surface area contributed by atoms with E-state index in [4.69, 9.17) is 4.84 Å². The molecular formula is C20H19F4N3O4S. The summed E-state index contributed by atoms with van der Waals surface area (Å²) in [7, 11) is -4.09. The van der Waals surface area contributed by atoms with Crippen LogP contribution in [0.25, 0.3) is 0 Å². The standard InChI is InChI=1S/C20H19F4N3O4S/c21-15-4-6-16(7-5-15)25-19(28)13-31-26-17-8-10-27(11-9-17)32(29,30)18-3-1-2-14(12-18)20(22,23)24/h1-7,12H,8-11,13H2,(H,25,28). The number of nitrogens with one attached hydrogen (secondary N) is 1. The molecule has 12 heteroatoms. The first kappa shape index (κ1) is 23.7. The van der Waals surface area contributed by atoms with Crippen molar-refractivity contribution in [1.29, 1.82) is 0 Å². The molecule has 0 bridgehead atoms. The number of oxime groups is 1. The molecule has 7 nitrogen and oxygen atoms in total. The first-order chi connectivity index (χ1) is 15.1. The summed E-state index contributed by atoms with van der Waals surface area (Å²) in [5.74, 6) is -0.947. The average Bonchev–Trinajstić information content (AvgIpc) is 2.75. The van der Waals surface area contributed by atoms with Crippen molar-refractivity contribution in [3.63, 3.8) is 0 Å². The minimum atomic E-state index is -4.65. The Hall–Kier alpha value is -2.99. The van der Waals surface area contributed by atoms with Crippen molar-refractivity contribution in [2.45, 2.75) is 23.9 Å². The summed E-state index contributed by atoms with van der Waals surface area (Å²) in [6.07, 6.45) is -4.23. The van der Waals surface area contributed by atoms with Gasteiger partial charge in [0, 0.05) is 31.6 Å². The van der Waals surface area contributed by atoms with Crippen LogP contribution in [0.1, 0.15) is 18.4 Å². The van der Waals surface area contributed by atoms with E-state index in [2.05, 4.69) is 10.5 Å². The fourth-order valence-corrected chi connectivity index (χ4v) is 4.46. The second-order valence-corrected chi connectivity index (χ2v) is 8.85. The number of halogens is 4. The van der Waals surface area contributed by atoms with Gasteiger partial charge in [-0.05, 0) is 42.5 Å². The topological polar surface area (TPSA) is 88.1 Å². The molecule has 0 aromatic heterocycles. The third-order valence-electron chi connectivity index (χ3n) is 4.62. The molecule has 1 amide bonds. The third-order valence-corrected chi connectivity index (χ3v) is 6.51. The Bertz CT molecular complexity index is 1090. The SMILES string of the molecule is O=C(CON=C1CCN(S(=O)(=O)c2cccc(C(F)(F)F)c2)CC1)Nc1ccc(F)cc1. The van der Waals surface area contributed by atoms with Gasteiger partial charge >= 0.3 is 6.18 Å². The number of piperidine rings is 1. The van der Waals surface area contributed by atoms with Crippen LogP contribution in [0, 0.1) is 5.82 Å². The van der Waals surface area contributed by atoms with E-state index in [1.165, 1.54) is 24.3 Å². The lowest BCUT2D eigenvalue weighted by Gasteiger charge is -2.26. The summed E-state index contributed by atoms with van der Waals surface area (Å²) in [4.78, 5) is 16.4. The van der Waals surface area contributed by atoms with Crippen molar-refractivity contribution in [2.75, 3.05) is 25.0 Å². The van der Waals surface area contributed by atoms with Crippen LogP contribution in [0.4, 0.5) is 23.2 Å². The van der Waals surface area contributed by atoms with E-state index in [1.54, 1.807) is 0 Å². The molecule has 2 aromatic rings. The number of sulfonamides is 1. The largest absolute Gasteiger partial charge is 0.416 e. The highest BCUT2D eigenvalue weighted by Gasteiger charge is 2.33. The van der Waals surface area contributed by atoms with Crippen LogP contribution < -0.4 is 5.32 Å². The normalized spacial score (nSPS) is 15.3. The molecule has 32 heavy (non-hydrogen) atoms. The monoisotopic (exact) mass is 473 g/mol. The Kier molecular flexibility index (Phi) is 7.14. The molecule has 0 atom stereocenters. The third kappa shape index (κ3) is 6.04. The van der Waals surface area contributed by atoms with Gasteiger partial charge < -0.3 is 10.2 Å². The molecular weight excluding hydrogens is 454 g/mol. The van der Waals surface area contributed by atoms with Crippen molar-refractivity contribution in [3.05, 3.63) is 59.9 Å². The first-order valence-electron chi connectivity index (χ1n) is 9.46. The molecule has 0 saturated carbocycles. The Morgan fingerprint density at radius 3 is 2.38 bits per heavy atom. The number of rotatable bonds is 6. The van der Waals surface area contributed by atoms with Gasteiger partial charge in [-0.25, -0.2) is 12.8 Å². The van der Waals surface area contributed by atoms with Crippen LogP contribution in [0.2, 0.25) is 0 Å². The fourth-order valence-electron chi connectivity index (χ4n) is 2.97. The zero-order valence-electron chi connectivity index (χ0n) is 16.6. The Balaban J connectivity index is 1.52. The lowest BCUT2D eigenvalue weighted by molar-refractivity contribution is -0.137. The van der Waals surface area contributed by atoms with Crippen molar-refractivity contribution >= 4 is 27.3 Å². The number of alkyl halides is 3. The predicted molar refractivity (Wildman–Crippen MR) is 108 cm³/mol. The van der Waals surface area contributed by atoms with Gasteiger partial charge in [0.15, 0.2) is 6.61 Å². The number of carbonyl (C=O) groups is 1. The molecule has 2 aromatic carbocycles. The maximum Gasteiger partial charge on any atom is 0.416 e. The highest BCUT2D eigenvalue weighted by atomic mass is 32.2. The van der Waals surface area contributed by atoms with Gasteiger partial charge in [0.2, 0.25) is 10.0 Å². The molecule has 0 unspecified atom stereocenters. The highest BCUT2D eigenvalue weighted by Crippen LogP contribution is 2.31. The number of carbonyl (C=O) groups excluding carboxylic acids is 1. The number of nitrogens with zero attached hydrogens (tertiary/aromatic N) is 2. The van der Waals surface area contributed by atoms with Crippen molar-refractivity contribution in [1.82, 2.24) is 4.31 Å². The number of hydrogen-bond donors (Lipinski definition) is 1. The minimum absolute atomic E-state index is 0.0164. The highest BCUT2D eigenvalue weighted by molar-refractivity contribution is 7.89. The molecule has 1 heterocycles. The van der Waals surface area contributed by atoms with Crippen LogP contribution in [-0.4, -0.2) is 44.0 Å². The van der Waals surface area contributed by atoms with Gasteiger partial charge in [0.25, 0.3) is 5.91 Å². The van der Waals surface area contributed by atoms with E-state index in [-0.39, 0.29) is 25.9 Å². The Morgan fingerprint density at radius 1 is 1.09 bits per heavy atom. The van der Waals surface area contributed by atoms with Crippen LogP contribution in [0.15, 0.2) is 58.6 Å². The minimum Gasteiger partial charge on any atom is -0.386 e. The first-order valence-corrected chi connectivity index (χ1v) is 10.9. The quantitative estimate of drug-likeness (QED) is 0.513. The molecule has 172 valence electrons. The molecule has 1 aliphatic rings. The second kappa shape index (κ2) is 9.65. The van der Waals surface area contributed by atoms with E-state index in [1.807, 2.05) is 0 Å². The Morgan fingerprint density at radius 2 is 1.75 bits per heavy atom. The molecule has 3 rings (SSSR count). The maximum absolute atomic E-state index is 12.9. The lowest BCUT2D eigenvalue weighted by atomic mass is 10.1. The predicted octanol–water partition coefficient (Wildman–Crippen LogP) is 3.64. The van der Waals surface area contributed by atoms with Gasteiger partial charge in [-0.15, -0.1) is 0 Å². The van der Waals surface area contributed by atoms with Crippen LogP contribution in [0.5, 0.6) is 0 Å². The van der Waals surface area contributed by atoms with Gasteiger partial charge in [-0.3, -0.25) is 4.79 Å². The molecule has 0 radical (unpaired) electrons. The maximum atomic E-state index is 12.9. The van der Waals surface area contributed by atoms with Crippen LogP contribution in [0.3, 0.4) is 0 Å². The number of anilines is 1. The lowest BCUT2D eigenvalue weighted by Crippen LogP contribution is -2.38. The smallest absolute Gasteiger partial charge is 0.386 e. The second-order valence-electron chi connectivity index (χ2n) is 6.92. The van der Waals surface area contributed by atoms with E-state index < -0.39 is 45.0 Å². The zero-order valence-corrected chi connectivity index (χ0v) is 17.4. The average molecular weight is 473 g/mol. The van der Waals surface area contributed by atoms with Crippen LogP contribution in [-0.2, 0) is 25.8 Å². The van der Waals surface area contributed by atoms with Gasteiger partial charge in [0.1, 0.15) is 5.82 Å². The molecule has 1 fully saturated rings. The summed E-state index contributed by atoms with van der Waals surface area (Å²) in [5.41, 5.74) is -0.124. The fraction of sp³-hybridized carbons (Fsp3) is 0.300. The van der Waals surface area contributed by atoms with E-state index in [9.17, 15) is 30.8 Å². The summed E-state index contributed by atoms with van der Waals surface area (Å²) < 4.78 is 77.9. The van der Waals surface area contributed by atoms with Gasteiger partial charge in [-0.1, -0.05) is 11.2 Å². The van der Waals surface area contributed by atoms with Crippen molar-refractivity contribution in [2.24, 2.45) is 5.16 Å². The molecule has 0 aliphatic carbocycles. The Labute approximate surface area is 181 Å². The molecule has 1 N–H and O–H groups in total. The summed E-state index contributed by atoms with van der Waals surface area (Å²) in [6.45, 7) is -0.363. The number of benzene rings is 2. The van der Waals surface area contributed by atoms with Crippen LogP contribution >= 0.6 is 0 Å². The number of hydrogen-bond acceptors (Lipinski definition) is 5. The summed E-state index contributed by atoms with van der Waals surface area (Å²) in [6, 6.07) is 8.76. The summed E-state index contributed by atoms with van der Waals surface area (Å²) in [5, 5.41) is 6.34. The number of amides is 1. The summed E-state index contributed by atoms with van der Waals surface area (Å²) >= 11 is 0. The molecule has 0 spiro atoms.